The molecule has 0 saturated carbocycles. The predicted molar refractivity (Wildman–Crippen MR) is 61.5 cm³/mol. The molecule has 0 spiro atoms. The van der Waals surface area contributed by atoms with Crippen molar-refractivity contribution in [2.75, 3.05) is 19.8 Å². The number of hydrogen-bond acceptors (Lipinski definition) is 5. The second-order valence-electron chi connectivity index (χ2n) is 3.35. The summed E-state index contributed by atoms with van der Waals surface area (Å²) < 4.78 is 21.8. The van der Waals surface area contributed by atoms with Crippen LogP contribution in [-0.2, 0) is 14.0 Å². The summed E-state index contributed by atoms with van der Waals surface area (Å²) in [5, 5.41) is 9.33. The molecule has 0 amide bonds. The van der Waals surface area contributed by atoms with E-state index in [9.17, 15) is 14.6 Å². The zero-order valence-corrected chi connectivity index (χ0v) is 10.8. The molecule has 0 radical (unpaired) electrons. The SMILES string of the molecule is CCOC(CCC(O)CN)(OCC)[PH](=O)O. The lowest BCUT2D eigenvalue weighted by Crippen LogP contribution is -2.34. The number of hydrogen-bond donors (Lipinski definition) is 3. The average Bonchev–Trinajstić information content (AvgIpc) is 2.25. The van der Waals surface area contributed by atoms with Crippen molar-refractivity contribution in [2.24, 2.45) is 5.73 Å². The molecule has 16 heavy (non-hydrogen) atoms. The topological polar surface area (TPSA) is 102 Å². The normalized spacial score (nSPS) is 16.1. The first-order valence-electron chi connectivity index (χ1n) is 5.41. The number of nitrogens with two attached hydrogens (primary N) is 1. The van der Waals surface area contributed by atoms with Gasteiger partial charge in [-0.1, -0.05) is 0 Å². The Balaban J connectivity index is 4.54. The van der Waals surface area contributed by atoms with Gasteiger partial charge >= 0.3 is 0 Å². The molecule has 98 valence electrons. The summed E-state index contributed by atoms with van der Waals surface area (Å²) in [7, 11) is -3.01. The lowest BCUT2D eigenvalue weighted by molar-refractivity contribution is -0.182. The fraction of sp³-hybridized carbons (Fsp3) is 1.00. The van der Waals surface area contributed by atoms with Gasteiger partial charge in [0.1, 0.15) is 0 Å². The lowest BCUT2D eigenvalue weighted by atomic mass is 10.2. The molecule has 0 saturated heterocycles. The quantitative estimate of drug-likeness (QED) is 0.404. The number of aliphatic hydroxyl groups excluding tert-OH is 1. The molecule has 0 aromatic carbocycles. The Labute approximate surface area is 96.6 Å². The first-order chi connectivity index (χ1) is 7.52. The van der Waals surface area contributed by atoms with Gasteiger partial charge in [0.25, 0.3) is 0 Å². The second kappa shape index (κ2) is 8.17. The Kier molecular flexibility index (Phi) is 8.18. The van der Waals surface area contributed by atoms with Crippen molar-refractivity contribution in [1.29, 1.82) is 0 Å². The summed E-state index contributed by atoms with van der Waals surface area (Å²) in [6.07, 6.45) is -0.281. The molecule has 6 nitrogen and oxygen atoms in total. The van der Waals surface area contributed by atoms with E-state index in [1.54, 1.807) is 13.8 Å². The highest BCUT2D eigenvalue weighted by atomic mass is 31.1. The van der Waals surface area contributed by atoms with E-state index >= 15 is 0 Å². The summed E-state index contributed by atoms with van der Waals surface area (Å²) in [6, 6.07) is 0. The Bertz CT molecular complexity index is 208. The average molecular weight is 255 g/mol. The monoisotopic (exact) mass is 255 g/mol. The van der Waals surface area contributed by atoms with Crippen LogP contribution in [0.5, 0.6) is 0 Å². The van der Waals surface area contributed by atoms with Crippen LogP contribution in [0.4, 0.5) is 0 Å². The molecule has 0 heterocycles. The fourth-order valence-corrected chi connectivity index (χ4v) is 2.25. The molecule has 0 fully saturated rings. The van der Waals surface area contributed by atoms with Crippen LogP contribution in [0.15, 0.2) is 0 Å². The largest absolute Gasteiger partial charge is 0.392 e. The zero-order chi connectivity index (χ0) is 12.6. The van der Waals surface area contributed by atoms with Crippen LogP contribution < -0.4 is 5.73 Å². The van der Waals surface area contributed by atoms with Crippen LogP contribution in [0, 0.1) is 0 Å². The molecular formula is C9H22NO5P. The first kappa shape index (κ1) is 16.0. The van der Waals surface area contributed by atoms with Gasteiger partial charge in [-0.25, -0.2) is 0 Å². The third kappa shape index (κ3) is 4.91. The molecule has 0 aliphatic heterocycles. The van der Waals surface area contributed by atoms with Crippen LogP contribution >= 0.6 is 8.03 Å². The van der Waals surface area contributed by atoms with Crippen molar-refractivity contribution >= 4 is 8.03 Å². The van der Waals surface area contributed by atoms with Gasteiger partial charge in [-0.3, -0.25) is 4.57 Å². The number of aliphatic hydroxyl groups is 1. The van der Waals surface area contributed by atoms with Crippen LogP contribution in [0.3, 0.4) is 0 Å². The van der Waals surface area contributed by atoms with Gasteiger partial charge < -0.3 is 25.2 Å². The molecule has 7 heteroatoms. The summed E-state index contributed by atoms with van der Waals surface area (Å²) in [4.78, 5) is 9.29. The summed E-state index contributed by atoms with van der Waals surface area (Å²) >= 11 is 0. The highest BCUT2D eigenvalue weighted by molar-refractivity contribution is 7.39. The standard InChI is InChI=1S/C9H22NO5P/c1-3-14-9(15-4-2,16(12)13)6-5-8(11)7-10/h8,11,16H,3-7,10H2,1-2H3,(H,12,13). The van der Waals surface area contributed by atoms with E-state index in [2.05, 4.69) is 0 Å². The van der Waals surface area contributed by atoms with Gasteiger partial charge in [0.05, 0.1) is 6.10 Å². The van der Waals surface area contributed by atoms with E-state index in [4.69, 9.17) is 15.2 Å². The molecule has 2 unspecified atom stereocenters. The minimum atomic E-state index is -3.01. The fourth-order valence-electron chi connectivity index (χ4n) is 1.36. The van der Waals surface area contributed by atoms with E-state index in [0.717, 1.165) is 0 Å². The molecule has 0 aliphatic rings. The van der Waals surface area contributed by atoms with Crippen LogP contribution in [0.2, 0.25) is 0 Å². The van der Waals surface area contributed by atoms with E-state index in [-0.39, 0.29) is 32.6 Å². The molecule has 0 aromatic heterocycles. The maximum absolute atomic E-state index is 11.3. The Morgan fingerprint density at radius 2 is 1.88 bits per heavy atom. The van der Waals surface area contributed by atoms with Crippen molar-refractivity contribution in [1.82, 2.24) is 0 Å². The van der Waals surface area contributed by atoms with Gasteiger partial charge in [0.15, 0.2) is 0 Å². The van der Waals surface area contributed by atoms with Crippen molar-refractivity contribution in [2.45, 2.75) is 38.3 Å². The Morgan fingerprint density at radius 1 is 1.38 bits per heavy atom. The van der Waals surface area contributed by atoms with Crippen molar-refractivity contribution in [3.05, 3.63) is 0 Å². The third-order valence-corrected chi connectivity index (χ3v) is 3.35. The summed E-state index contributed by atoms with van der Waals surface area (Å²) in [5.74, 6) is 0. The van der Waals surface area contributed by atoms with E-state index < -0.39 is 19.7 Å². The van der Waals surface area contributed by atoms with Gasteiger partial charge in [-0.05, 0) is 20.3 Å². The maximum atomic E-state index is 11.3. The van der Waals surface area contributed by atoms with E-state index in [0.29, 0.717) is 0 Å². The number of ether oxygens (including phenoxy) is 2. The third-order valence-electron chi connectivity index (χ3n) is 2.16. The van der Waals surface area contributed by atoms with Crippen LogP contribution in [0.1, 0.15) is 26.7 Å². The first-order valence-corrected chi connectivity index (χ1v) is 6.77. The molecule has 4 N–H and O–H groups in total. The molecule has 0 aliphatic carbocycles. The van der Waals surface area contributed by atoms with Crippen molar-refractivity contribution < 1.29 is 24.0 Å². The van der Waals surface area contributed by atoms with Crippen LogP contribution in [-0.4, -0.2) is 41.4 Å². The van der Waals surface area contributed by atoms with Gasteiger partial charge in [0.2, 0.25) is 13.6 Å². The molecule has 0 bridgehead atoms. The van der Waals surface area contributed by atoms with Gasteiger partial charge in [0, 0.05) is 26.2 Å². The molecular weight excluding hydrogens is 233 g/mol. The minimum Gasteiger partial charge on any atom is -0.392 e. The smallest absolute Gasteiger partial charge is 0.246 e. The number of rotatable bonds is 9. The van der Waals surface area contributed by atoms with E-state index in [1.165, 1.54) is 0 Å². The Hall–Kier alpha value is 0.0300. The van der Waals surface area contributed by atoms with Crippen molar-refractivity contribution in [3.63, 3.8) is 0 Å². The molecule has 2 atom stereocenters. The second-order valence-corrected chi connectivity index (χ2v) is 4.72. The maximum Gasteiger partial charge on any atom is 0.246 e. The minimum absolute atomic E-state index is 0.112. The molecule has 0 aromatic rings. The highest BCUT2D eigenvalue weighted by Crippen LogP contribution is 2.41. The van der Waals surface area contributed by atoms with Gasteiger partial charge in [-0.15, -0.1) is 0 Å². The van der Waals surface area contributed by atoms with Crippen molar-refractivity contribution in [3.8, 4) is 0 Å². The Morgan fingerprint density at radius 3 is 2.19 bits per heavy atom. The predicted octanol–water partition coefficient (Wildman–Crippen LogP) is 0.280. The summed E-state index contributed by atoms with van der Waals surface area (Å²) in [6.45, 7) is 4.10. The highest BCUT2D eigenvalue weighted by Gasteiger charge is 2.37. The van der Waals surface area contributed by atoms with Gasteiger partial charge in [-0.2, -0.15) is 0 Å². The van der Waals surface area contributed by atoms with Crippen LogP contribution in [0.25, 0.3) is 0 Å². The lowest BCUT2D eigenvalue weighted by Gasteiger charge is -2.30. The summed E-state index contributed by atoms with van der Waals surface area (Å²) in [5.41, 5.74) is 3.78. The van der Waals surface area contributed by atoms with E-state index in [1.807, 2.05) is 0 Å². The molecule has 0 rings (SSSR count). The zero-order valence-electron chi connectivity index (χ0n) is 9.81.